The van der Waals surface area contributed by atoms with Crippen molar-refractivity contribution in [1.82, 2.24) is 10.2 Å². The van der Waals surface area contributed by atoms with Crippen LogP contribution < -0.4 is 16.0 Å². The largest absolute Gasteiger partial charge is 0.444 e. The molecule has 2 aromatic rings. The van der Waals surface area contributed by atoms with Gasteiger partial charge >= 0.3 is 6.09 Å². The molecule has 0 aliphatic carbocycles. The summed E-state index contributed by atoms with van der Waals surface area (Å²) < 4.78 is 5.14. The van der Waals surface area contributed by atoms with E-state index in [1.165, 1.54) is 0 Å². The van der Waals surface area contributed by atoms with Gasteiger partial charge in [0.2, 0.25) is 17.7 Å². The minimum absolute atomic E-state index is 0.0348. The number of ether oxygens (including phenoxy) is 1. The fourth-order valence-electron chi connectivity index (χ4n) is 3.65. The van der Waals surface area contributed by atoms with Crippen molar-refractivity contribution in [1.29, 1.82) is 0 Å². The number of para-hydroxylation sites is 2. The molecule has 9 heteroatoms. The molecule has 2 aromatic carbocycles. The van der Waals surface area contributed by atoms with Gasteiger partial charge in [0.15, 0.2) is 0 Å². The SMILES string of the molecule is CC(C)(C)OC(=O)NCCC(=O)Nc1ccccc1NC(=O)C1CC(=O)N(Cc2ccccc2)C1. The van der Waals surface area contributed by atoms with Gasteiger partial charge in [-0.1, -0.05) is 42.5 Å². The van der Waals surface area contributed by atoms with Crippen molar-refractivity contribution in [2.24, 2.45) is 5.92 Å². The van der Waals surface area contributed by atoms with Gasteiger partial charge in [0.1, 0.15) is 5.60 Å². The summed E-state index contributed by atoms with van der Waals surface area (Å²) in [5, 5.41) is 8.13. The highest BCUT2D eigenvalue weighted by Gasteiger charge is 2.34. The normalized spacial score (nSPS) is 15.5. The van der Waals surface area contributed by atoms with Gasteiger partial charge in [-0.05, 0) is 38.5 Å². The molecular weight excluding hydrogens is 448 g/mol. The molecule has 1 atom stereocenters. The fraction of sp³-hybridized carbons (Fsp3) is 0.385. The Morgan fingerprint density at radius 1 is 0.971 bits per heavy atom. The van der Waals surface area contributed by atoms with Gasteiger partial charge < -0.3 is 25.6 Å². The van der Waals surface area contributed by atoms with Crippen LogP contribution in [0.2, 0.25) is 0 Å². The van der Waals surface area contributed by atoms with Crippen LogP contribution in [-0.2, 0) is 25.7 Å². The predicted molar refractivity (Wildman–Crippen MR) is 133 cm³/mol. The molecule has 1 aliphatic rings. The third-order valence-electron chi connectivity index (χ3n) is 5.28. The first-order chi connectivity index (χ1) is 16.6. The molecule has 0 bridgehead atoms. The van der Waals surface area contributed by atoms with E-state index in [2.05, 4.69) is 16.0 Å². The molecule has 3 N–H and O–H groups in total. The maximum Gasteiger partial charge on any atom is 0.407 e. The van der Waals surface area contributed by atoms with Gasteiger partial charge in [-0.3, -0.25) is 14.4 Å². The molecule has 1 heterocycles. The molecule has 0 radical (unpaired) electrons. The van der Waals surface area contributed by atoms with Gasteiger partial charge in [-0.2, -0.15) is 0 Å². The number of likely N-dealkylation sites (tertiary alicyclic amines) is 1. The Kier molecular flexibility index (Phi) is 8.46. The van der Waals surface area contributed by atoms with Gasteiger partial charge in [0.05, 0.1) is 17.3 Å². The topological polar surface area (TPSA) is 117 Å². The maximum atomic E-state index is 12.9. The molecule has 0 saturated carbocycles. The van der Waals surface area contributed by atoms with E-state index in [1.54, 1.807) is 49.9 Å². The molecule has 0 aromatic heterocycles. The number of carbonyl (C=O) groups excluding carboxylic acids is 4. The van der Waals surface area contributed by atoms with E-state index < -0.39 is 17.6 Å². The van der Waals surface area contributed by atoms with Gasteiger partial charge in [-0.25, -0.2) is 4.79 Å². The molecule has 9 nitrogen and oxygen atoms in total. The zero-order chi connectivity index (χ0) is 25.4. The van der Waals surface area contributed by atoms with Crippen LogP contribution in [0.3, 0.4) is 0 Å². The maximum absolute atomic E-state index is 12.9. The summed E-state index contributed by atoms with van der Waals surface area (Å²) in [6.45, 7) is 6.18. The lowest BCUT2D eigenvalue weighted by molar-refractivity contribution is -0.128. The predicted octanol–water partition coefficient (Wildman–Crippen LogP) is 3.53. The summed E-state index contributed by atoms with van der Waals surface area (Å²) in [4.78, 5) is 51.1. The summed E-state index contributed by atoms with van der Waals surface area (Å²) >= 11 is 0. The Hall–Kier alpha value is -3.88. The van der Waals surface area contributed by atoms with Crippen molar-refractivity contribution in [3.63, 3.8) is 0 Å². The Morgan fingerprint density at radius 3 is 2.26 bits per heavy atom. The zero-order valence-corrected chi connectivity index (χ0v) is 20.3. The van der Waals surface area contributed by atoms with Crippen molar-refractivity contribution in [3.05, 3.63) is 60.2 Å². The summed E-state index contributed by atoms with van der Waals surface area (Å²) in [5.41, 5.74) is 1.27. The van der Waals surface area contributed by atoms with Crippen LogP contribution in [-0.4, -0.2) is 47.4 Å². The number of rotatable bonds is 8. The standard InChI is InChI=1S/C26H32N4O5/c1-26(2,3)35-25(34)27-14-13-22(31)28-20-11-7-8-12-21(20)29-24(33)19-15-23(32)30(17-19)16-18-9-5-4-6-10-18/h4-12,19H,13-17H2,1-3H3,(H,27,34)(H,28,31)(H,29,33). The molecule has 35 heavy (non-hydrogen) atoms. The smallest absolute Gasteiger partial charge is 0.407 e. The number of nitrogens with zero attached hydrogens (tertiary/aromatic N) is 1. The Labute approximate surface area is 205 Å². The highest BCUT2D eigenvalue weighted by molar-refractivity contribution is 6.02. The number of carbonyl (C=O) groups is 4. The number of amides is 4. The van der Waals surface area contributed by atoms with E-state index in [9.17, 15) is 19.2 Å². The lowest BCUT2D eigenvalue weighted by Crippen LogP contribution is -2.34. The van der Waals surface area contributed by atoms with E-state index in [0.29, 0.717) is 24.5 Å². The third-order valence-corrected chi connectivity index (χ3v) is 5.28. The molecule has 1 saturated heterocycles. The van der Waals surface area contributed by atoms with E-state index in [0.717, 1.165) is 5.56 Å². The number of hydrogen-bond donors (Lipinski definition) is 3. The molecule has 3 rings (SSSR count). The van der Waals surface area contributed by atoms with Crippen LogP contribution in [0, 0.1) is 5.92 Å². The number of nitrogens with one attached hydrogen (secondary N) is 3. The Bertz CT molecular complexity index is 1060. The lowest BCUT2D eigenvalue weighted by atomic mass is 10.1. The molecule has 0 spiro atoms. The number of alkyl carbamates (subject to hydrolysis) is 1. The Morgan fingerprint density at radius 2 is 1.60 bits per heavy atom. The van der Waals surface area contributed by atoms with Crippen molar-refractivity contribution in [2.75, 3.05) is 23.7 Å². The van der Waals surface area contributed by atoms with Gasteiger partial charge in [-0.15, -0.1) is 0 Å². The average molecular weight is 481 g/mol. The van der Waals surface area contributed by atoms with Crippen molar-refractivity contribution in [3.8, 4) is 0 Å². The van der Waals surface area contributed by atoms with E-state index in [-0.39, 0.29) is 37.1 Å². The van der Waals surface area contributed by atoms with Crippen molar-refractivity contribution < 1.29 is 23.9 Å². The molecule has 186 valence electrons. The summed E-state index contributed by atoms with van der Waals surface area (Å²) in [7, 11) is 0. The third kappa shape index (κ3) is 8.13. The highest BCUT2D eigenvalue weighted by Crippen LogP contribution is 2.25. The van der Waals surface area contributed by atoms with Crippen LogP contribution in [0.15, 0.2) is 54.6 Å². The summed E-state index contributed by atoms with van der Waals surface area (Å²) in [6.07, 6.45) is -0.415. The molecule has 4 amide bonds. The second-order valence-electron chi connectivity index (χ2n) is 9.42. The summed E-state index contributed by atoms with van der Waals surface area (Å²) in [5.74, 6) is -1.14. The average Bonchev–Trinajstić information content (AvgIpc) is 3.15. The quantitative estimate of drug-likeness (QED) is 0.534. The first-order valence-corrected chi connectivity index (χ1v) is 11.6. The lowest BCUT2D eigenvalue weighted by Gasteiger charge is -2.19. The monoisotopic (exact) mass is 480 g/mol. The Balaban J connectivity index is 1.51. The summed E-state index contributed by atoms with van der Waals surface area (Å²) in [6, 6.07) is 16.5. The van der Waals surface area contributed by atoms with Crippen LogP contribution in [0.1, 0.15) is 39.2 Å². The second-order valence-corrected chi connectivity index (χ2v) is 9.42. The molecular formula is C26H32N4O5. The van der Waals surface area contributed by atoms with Gasteiger partial charge in [0.25, 0.3) is 0 Å². The molecule has 1 aliphatic heterocycles. The first-order valence-electron chi connectivity index (χ1n) is 11.6. The minimum Gasteiger partial charge on any atom is -0.444 e. The van der Waals surface area contributed by atoms with E-state index in [1.807, 2.05) is 30.3 Å². The zero-order valence-electron chi connectivity index (χ0n) is 20.3. The van der Waals surface area contributed by atoms with Crippen LogP contribution in [0.25, 0.3) is 0 Å². The van der Waals surface area contributed by atoms with Crippen LogP contribution in [0.5, 0.6) is 0 Å². The second kappa shape index (κ2) is 11.5. The van der Waals surface area contributed by atoms with E-state index in [4.69, 9.17) is 4.74 Å². The molecule has 1 unspecified atom stereocenters. The minimum atomic E-state index is -0.619. The van der Waals surface area contributed by atoms with E-state index >= 15 is 0 Å². The van der Waals surface area contributed by atoms with Crippen molar-refractivity contribution >= 4 is 35.2 Å². The van der Waals surface area contributed by atoms with Crippen molar-refractivity contribution in [2.45, 2.75) is 45.8 Å². The first kappa shape index (κ1) is 25.7. The highest BCUT2D eigenvalue weighted by atomic mass is 16.6. The number of hydrogen-bond acceptors (Lipinski definition) is 5. The van der Waals surface area contributed by atoms with Crippen LogP contribution in [0.4, 0.5) is 16.2 Å². The van der Waals surface area contributed by atoms with Crippen LogP contribution >= 0.6 is 0 Å². The number of anilines is 2. The number of benzene rings is 2. The molecule has 1 fully saturated rings. The fourth-order valence-corrected chi connectivity index (χ4v) is 3.65. The van der Waals surface area contributed by atoms with Gasteiger partial charge in [0, 0.05) is 32.5 Å².